The lowest BCUT2D eigenvalue weighted by Crippen LogP contribution is -2.61. The smallest absolute Gasteiger partial charge is 0.222 e. The molecular formula is C22H35NO2. The molecule has 0 N–H and O–H groups in total. The lowest BCUT2D eigenvalue weighted by molar-refractivity contribution is -0.159. The first-order valence-electron chi connectivity index (χ1n) is 10.5. The Morgan fingerprint density at radius 1 is 1.08 bits per heavy atom. The van der Waals surface area contributed by atoms with Gasteiger partial charge in [0.2, 0.25) is 5.91 Å². The summed E-state index contributed by atoms with van der Waals surface area (Å²) in [6.07, 6.45) is 7.89. The van der Waals surface area contributed by atoms with Crippen molar-refractivity contribution in [3.05, 3.63) is 0 Å². The highest BCUT2D eigenvalue weighted by Gasteiger charge is 2.63. The minimum atomic E-state index is 0.214. The molecule has 3 heteroatoms. The fraction of sp³-hybridized carbons (Fsp3) is 0.909. The van der Waals surface area contributed by atoms with E-state index < -0.39 is 0 Å². The summed E-state index contributed by atoms with van der Waals surface area (Å²) in [6.45, 7) is 9.03. The number of carbonyl (C=O) groups excluding carboxylic acids is 2. The highest BCUT2D eigenvalue weighted by molar-refractivity contribution is 5.80. The Morgan fingerprint density at radius 2 is 1.80 bits per heavy atom. The predicted octanol–water partition coefficient (Wildman–Crippen LogP) is 4.30. The molecule has 3 saturated carbocycles. The summed E-state index contributed by atoms with van der Waals surface area (Å²) in [7, 11) is 2.03. The van der Waals surface area contributed by atoms with Gasteiger partial charge in [-0.2, -0.15) is 0 Å². The van der Waals surface area contributed by atoms with Gasteiger partial charge in [0.1, 0.15) is 5.78 Å². The molecule has 3 aliphatic carbocycles. The summed E-state index contributed by atoms with van der Waals surface area (Å²) < 4.78 is 0. The largest absolute Gasteiger partial charge is 0.342 e. The number of hydrogen-bond donors (Lipinski definition) is 0. The van der Waals surface area contributed by atoms with Crippen molar-refractivity contribution in [2.75, 3.05) is 7.05 Å². The first-order chi connectivity index (χ1) is 11.7. The van der Waals surface area contributed by atoms with Crippen LogP contribution < -0.4 is 0 Å². The van der Waals surface area contributed by atoms with E-state index in [0.717, 1.165) is 31.1 Å². The van der Waals surface area contributed by atoms with Crippen molar-refractivity contribution in [1.82, 2.24) is 4.90 Å². The molecule has 4 fully saturated rings. The van der Waals surface area contributed by atoms with Gasteiger partial charge in [0.25, 0.3) is 0 Å². The van der Waals surface area contributed by atoms with Crippen LogP contribution in [0.4, 0.5) is 0 Å². The van der Waals surface area contributed by atoms with Crippen molar-refractivity contribution < 1.29 is 9.59 Å². The minimum Gasteiger partial charge on any atom is -0.342 e. The van der Waals surface area contributed by atoms with Crippen LogP contribution in [0.1, 0.15) is 72.6 Å². The maximum absolute atomic E-state index is 12.4. The third kappa shape index (κ3) is 2.23. The van der Waals surface area contributed by atoms with Crippen LogP contribution in [0.5, 0.6) is 0 Å². The van der Waals surface area contributed by atoms with E-state index in [1.165, 1.54) is 25.7 Å². The molecule has 0 radical (unpaired) electrons. The summed E-state index contributed by atoms with van der Waals surface area (Å²) in [4.78, 5) is 26.7. The lowest BCUT2D eigenvalue weighted by Gasteiger charge is -2.61. The van der Waals surface area contributed by atoms with E-state index in [1.807, 2.05) is 14.0 Å². The summed E-state index contributed by atoms with van der Waals surface area (Å²) in [6, 6.07) is 0.432. The van der Waals surface area contributed by atoms with Crippen LogP contribution in [0.25, 0.3) is 0 Å². The van der Waals surface area contributed by atoms with Gasteiger partial charge < -0.3 is 4.90 Å². The lowest BCUT2D eigenvalue weighted by atomic mass is 9.46. The highest BCUT2D eigenvalue weighted by Crippen LogP contribution is 2.67. The van der Waals surface area contributed by atoms with Gasteiger partial charge in [0.05, 0.1) is 0 Å². The molecule has 3 nitrogen and oxygen atoms in total. The van der Waals surface area contributed by atoms with Crippen molar-refractivity contribution in [1.29, 1.82) is 0 Å². The first kappa shape index (κ1) is 17.5. The van der Waals surface area contributed by atoms with Crippen molar-refractivity contribution in [3.63, 3.8) is 0 Å². The third-order valence-corrected chi connectivity index (χ3v) is 9.34. The van der Waals surface area contributed by atoms with Gasteiger partial charge in [0.15, 0.2) is 0 Å². The van der Waals surface area contributed by atoms with Crippen LogP contribution >= 0.6 is 0 Å². The second-order valence-electron chi connectivity index (χ2n) is 10.3. The molecule has 140 valence electrons. The van der Waals surface area contributed by atoms with Gasteiger partial charge in [-0.15, -0.1) is 0 Å². The van der Waals surface area contributed by atoms with E-state index in [2.05, 4.69) is 25.7 Å². The number of piperidine rings is 1. The SMILES string of the molecule is CC(=O)[C@H]1[C@H](C)C[C@H]2[C@@H]3CC[C@H]4N(C)C(=O)CC[C@]4(C)[C@H]3CC[C@@]21C. The quantitative estimate of drug-likeness (QED) is 0.710. The maximum Gasteiger partial charge on any atom is 0.222 e. The number of nitrogens with zero attached hydrogens (tertiary/aromatic N) is 1. The number of Topliss-reactive ketones (excluding diaryl/α,β-unsaturated/α-hetero) is 1. The normalized spacial score (nSPS) is 52.4. The molecular weight excluding hydrogens is 310 g/mol. The monoisotopic (exact) mass is 345 g/mol. The number of hydrogen-bond acceptors (Lipinski definition) is 2. The molecule has 0 aromatic rings. The Bertz CT molecular complexity index is 601. The minimum absolute atomic E-state index is 0.214. The molecule has 1 saturated heterocycles. The van der Waals surface area contributed by atoms with Gasteiger partial charge in [0, 0.05) is 25.4 Å². The molecule has 0 spiro atoms. The van der Waals surface area contributed by atoms with Crippen LogP contribution in [0.2, 0.25) is 0 Å². The zero-order chi connectivity index (χ0) is 18.1. The number of fused-ring (bicyclic) bond motifs is 5. The standard InChI is InChI=1S/C22H35NO2/c1-13-12-17-15-6-7-18-21(3,11-9-19(25)23(18)5)16(15)8-10-22(17,4)20(13)14(2)24/h13,15-18,20H,6-12H2,1-5H3/t13-,15-,16+,17+,18-,20-,21-,22+/m1/s1. The number of carbonyl (C=O) groups is 2. The van der Waals surface area contributed by atoms with E-state index in [9.17, 15) is 9.59 Å². The van der Waals surface area contributed by atoms with E-state index in [-0.39, 0.29) is 16.7 Å². The summed E-state index contributed by atoms with van der Waals surface area (Å²) in [5, 5.41) is 0. The molecule has 0 aromatic carbocycles. The second-order valence-corrected chi connectivity index (χ2v) is 10.3. The van der Waals surface area contributed by atoms with Gasteiger partial charge >= 0.3 is 0 Å². The fourth-order valence-corrected chi connectivity index (χ4v) is 8.38. The Kier molecular flexibility index (Phi) is 3.91. The average Bonchev–Trinajstić information content (AvgIpc) is 2.81. The third-order valence-electron chi connectivity index (χ3n) is 9.34. The van der Waals surface area contributed by atoms with Crippen molar-refractivity contribution in [3.8, 4) is 0 Å². The summed E-state index contributed by atoms with van der Waals surface area (Å²) in [5.74, 6) is 3.75. The van der Waals surface area contributed by atoms with Crippen molar-refractivity contribution in [2.45, 2.75) is 78.7 Å². The van der Waals surface area contributed by atoms with Crippen LogP contribution in [0.3, 0.4) is 0 Å². The summed E-state index contributed by atoms with van der Waals surface area (Å²) >= 11 is 0. The molecule has 1 amide bonds. The van der Waals surface area contributed by atoms with Gasteiger partial charge in [-0.3, -0.25) is 9.59 Å². The molecule has 0 bridgehead atoms. The second kappa shape index (κ2) is 5.57. The molecule has 4 aliphatic rings. The number of amides is 1. The number of rotatable bonds is 1. The topological polar surface area (TPSA) is 37.4 Å². The zero-order valence-electron chi connectivity index (χ0n) is 16.7. The molecule has 1 aliphatic heterocycles. The van der Waals surface area contributed by atoms with E-state index in [1.54, 1.807) is 0 Å². The molecule has 1 heterocycles. The van der Waals surface area contributed by atoms with Crippen LogP contribution in [-0.2, 0) is 9.59 Å². The fourth-order valence-electron chi connectivity index (χ4n) is 8.38. The Hall–Kier alpha value is -0.860. The van der Waals surface area contributed by atoms with E-state index in [4.69, 9.17) is 0 Å². The number of likely N-dealkylation sites (tertiary alicyclic amines) is 1. The highest BCUT2D eigenvalue weighted by atomic mass is 16.2. The average molecular weight is 346 g/mol. The van der Waals surface area contributed by atoms with E-state index >= 15 is 0 Å². The van der Waals surface area contributed by atoms with Gasteiger partial charge in [-0.1, -0.05) is 20.8 Å². The molecule has 25 heavy (non-hydrogen) atoms. The molecule has 4 rings (SSSR count). The van der Waals surface area contributed by atoms with Crippen molar-refractivity contribution >= 4 is 11.7 Å². The zero-order valence-corrected chi connectivity index (χ0v) is 16.7. The summed E-state index contributed by atoms with van der Waals surface area (Å²) in [5.41, 5.74) is 0.496. The molecule has 0 aromatic heterocycles. The van der Waals surface area contributed by atoms with Gasteiger partial charge in [-0.25, -0.2) is 0 Å². The number of ketones is 1. The van der Waals surface area contributed by atoms with Crippen LogP contribution in [-0.4, -0.2) is 29.7 Å². The predicted molar refractivity (Wildman–Crippen MR) is 98.9 cm³/mol. The van der Waals surface area contributed by atoms with Crippen LogP contribution in [0, 0.1) is 40.4 Å². The van der Waals surface area contributed by atoms with Crippen LogP contribution in [0.15, 0.2) is 0 Å². The Morgan fingerprint density at radius 3 is 2.48 bits per heavy atom. The molecule has 8 atom stereocenters. The maximum atomic E-state index is 12.4. The van der Waals surface area contributed by atoms with Gasteiger partial charge in [-0.05, 0) is 80.0 Å². The Labute approximate surface area is 152 Å². The van der Waals surface area contributed by atoms with E-state index in [0.29, 0.717) is 29.6 Å². The Balaban J connectivity index is 1.66. The first-order valence-corrected chi connectivity index (χ1v) is 10.5. The van der Waals surface area contributed by atoms with Crippen molar-refractivity contribution in [2.24, 2.45) is 40.4 Å². The molecule has 0 unspecified atom stereocenters.